The van der Waals surface area contributed by atoms with Crippen LogP contribution in [0.1, 0.15) is 41.5 Å². The topological polar surface area (TPSA) is 33.1 Å². The van der Waals surface area contributed by atoms with Gasteiger partial charge in [0.1, 0.15) is 0 Å². The van der Waals surface area contributed by atoms with Crippen LogP contribution in [0.3, 0.4) is 0 Å². The highest BCUT2D eigenvalue weighted by atomic mass is 32.1. The molecule has 2 fully saturated rings. The molecule has 2 saturated carbocycles. The number of nitrogens with zero attached hydrogens (tertiary/aromatic N) is 1. The average molecular weight is 209 g/mol. The normalized spacial score (nSPS) is 35.4. The predicted molar refractivity (Wildman–Crippen MR) is 56.2 cm³/mol. The van der Waals surface area contributed by atoms with Crippen molar-refractivity contribution in [3.63, 3.8) is 0 Å². The third-order valence-corrected chi connectivity index (χ3v) is 4.90. The summed E-state index contributed by atoms with van der Waals surface area (Å²) in [6.07, 6.45) is 7.47. The molecule has 2 bridgehead atoms. The Kier molecular flexibility index (Phi) is 2.10. The van der Waals surface area contributed by atoms with E-state index in [2.05, 4.69) is 4.98 Å². The number of hydrogen-bond acceptors (Lipinski definition) is 3. The third-order valence-electron chi connectivity index (χ3n) is 3.78. The second-order valence-corrected chi connectivity index (χ2v) is 5.75. The first-order chi connectivity index (χ1) is 6.86. The highest BCUT2D eigenvalue weighted by molar-refractivity contribution is 7.11. The van der Waals surface area contributed by atoms with Crippen molar-refractivity contribution >= 4 is 11.3 Å². The Bertz CT molecular complexity index is 336. The fraction of sp³-hybridized carbons (Fsp3) is 0.727. The van der Waals surface area contributed by atoms with Gasteiger partial charge in [-0.3, -0.25) is 0 Å². The molecule has 2 nitrogen and oxygen atoms in total. The second kappa shape index (κ2) is 3.31. The lowest BCUT2D eigenvalue weighted by molar-refractivity contribution is 0.285. The first-order valence-electron chi connectivity index (χ1n) is 5.42. The van der Waals surface area contributed by atoms with Gasteiger partial charge in [0, 0.05) is 12.1 Å². The van der Waals surface area contributed by atoms with E-state index in [9.17, 15) is 0 Å². The van der Waals surface area contributed by atoms with E-state index in [0.717, 1.165) is 22.6 Å². The molecular formula is C11H15NOS. The van der Waals surface area contributed by atoms with Crippen LogP contribution in [-0.4, -0.2) is 10.1 Å². The van der Waals surface area contributed by atoms with Crippen molar-refractivity contribution in [1.82, 2.24) is 4.98 Å². The van der Waals surface area contributed by atoms with Gasteiger partial charge in [0.05, 0.1) is 16.5 Å². The number of aliphatic hydroxyl groups excluding tert-OH is 1. The molecule has 3 heteroatoms. The van der Waals surface area contributed by atoms with Gasteiger partial charge >= 0.3 is 0 Å². The number of aromatic nitrogens is 1. The van der Waals surface area contributed by atoms with Crippen LogP contribution in [-0.2, 0) is 6.61 Å². The summed E-state index contributed by atoms with van der Waals surface area (Å²) in [6, 6.07) is 0. The maximum Gasteiger partial charge on any atom is 0.0962 e. The lowest BCUT2D eigenvalue weighted by atomic mass is 9.89. The van der Waals surface area contributed by atoms with E-state index in [1.807, 2.05) is 6.20 Å². The molecule has 2 aliphatic rings. The molecule has 1 heterocycles. The van der Waals surface area contributed by atoms with Gasteiger partial charge in [0.25, 0.3) is 0 Å². The van der Waals surface area contributed by atoms with Crippen LogP contribution in [0.4, 0.5) is 0 Å². The van der Waals surface area contributed by atoms with Gasteiger partial charge in [-0.15, -0.1) is 11.3 Å². The van der Waals surface area contributed by atoms with Crippen molar-refractivity contribution in [3.8, 4) is 0 Å². The number of fused-ring (bicyclic) bond motifs is 2. The Labute approximate surface area is 88.0 Å². The molecular weight excluding hydrogens is 194 g/mol. The molecule has 0 aliphatic heterocycles. The Morgan fingerprint density at radius 1 is 1.43 bits per heavy atom. The molecule has 0 aromatic carbocycles. The molecule has 0 radical (unpaired) electrons. The summed E-state index contributed by atoms with van der Waals surface area (Å²) in [5.74, 6) is 2.60. The zero-order valence-corrected chi connectivity index (χ0v) is 8.96. The van der Waals surface area contributed by atoms with E-state index in [-0.39, 0.29) is 6.61 Å². The number of hydrogen-bond donors (Lipinski definition) is 1. The van der Waals surface area contributed by atoms with Gasteiger partial charge in [-0.1, -0.05) is 6.42 Å². The van der Waals surface area contributed by atoms with Crippen molar-refractivity contribution in [3.05, 3.63) is 16.1 Å². The van der Waals surface area contributed by atoms with Crippen molar-refractivity contribution in [2.45, 2.75) is 38.2 Å². The van der Waals surface area contributed by atoms with Gasteiger partial charge in [-0.25, -0.2) is 4.98 Å². The summed E-state index contributed by atoms with van der Waals surface area (Å²) in [6.45, 7) is 0.151. The maximum absolute atomic E-state index is 9.00. The Balaban J connectivity index is 1.82. The van der Waals surface area contributed by atoms with E-state index in [4.69, 9.17) is 5.11 Å². The van der Waals surface area contributed by atoms with Crippen molar-refractivity contribution in [1.29, 1.82) is 0 Å². The maximum atomic E-state index is 9.00. The SMILES string of the molecule is OCc1cnc(C2CC3CCC2C3)s1. The quantitative estimate of drug-likeness (QED) is 0.812. The minimum Gasteiger partial charge on any atom is -0.391 e. The molecule has 1 aromatic heterocycles. The van der Waals surface area contributed by atoms with Crippen LogP contribution < -0.4 is 0 Å². The fourth-order valence-electron chi connectivity index (χ4n) is 3.11. The van der Waals surface area contributed by atoms with Gasteiger partial charge in [-0.05, 0) is 31.1 Å². The fourth-order valence-corrected chi connectivity index (χ4v) is 4.10. The molecule has 3 atom stereocenters. The summed E-state index contributed by atoms with van der Waals surface area (Å²) in [5, 5.41) is 10.3. The first-order valence-corrected chi connectivity index (χ1v) is 6.24. The monoisotopic (exact) mass is 209 g/mol. The zero-order chi connectivity index (χ0) is 9.54. The number of rotatable bonds is 2. The molecule has 76 valence electrons. The molecule has 0 saturated heterocycles. The standard InChI is InChI=1S/C11H15NOS/c13-6-9-5-12-11(14-9)10-4-7-1-2-8(10)3-7/h5,7-8,10,13H,1-4,6H2. The zero-order valence-electron chi connectivity index (χ0n) is 8.15. The van der Waals surface area contributed by atoms with Gasteiger partial charge in [0.15, 0.2) is 0 Å². The molecule has 2 aliphatic carbocycles. The van der Waals surface area contributed by atoms with E-state index in [0.29, 0.717) is 0 Å². The Hall–Kier alpha value is -0.410. The third kappa shape index (κ3) is 1.30. The van der Waals surface area contributed by atoms with E-state index in [1.54, 1.807) is 11.3 Å². The van der Waals surface area contributed by atoms with Crippen LogP contribution >= 0.6 is 11.3 Å². The minimum atomic E-state index is 0.151. The number of aliphatic hydroxyl groups is 1. The minimum absolute atomic E-state index is 0.151. The first kappa shape index (κ1) is 8.86. The van der Waals surface area contributed by atoms with Crippen molar-refractivity contribution < 1.29 is 5.11 Å². The molecule has 0 amide bonds. The lowest BCUT2D eigenvalue weighted by Gasteiger charge is -2.18. The van der Waals surface area contributed by atoms with Gasteiger partial charge in [-0.2, -0.15) is 0 Å². The second-order valence-electron chi connectivity index (χ2n) is 4.60. The molecule has 0 spiro atoms. The predicted octanol–water partition coefficient (Wildman–Crippen LogP) is 2.54. The molecule has 1 N–H and O–H groups in total. The number of thiazole rings is 1. The summed E-state index contributed by atoms with van der Waals surface area (Å²) >= 11 is 1.71. The summed E-state index contributed by atoms with van der Waals surface area (Å²) in [7, 11) is 0. The molecule has 3 unspecified atom stereocenters. The molecule has 3 rings (SSSR count). The molecule has 1 aromatic rings. The smallest absolute Gasteiger partial charge is 0.0962 e. The lowest BCUT2D eigenvalue weighted by Crippen LogP contribution is -2.07. The van der Waals surface area contributed by atoms with Gasteiger partial charge < -0.3 is 5.11 Å². The van der Waals surface area contributed by atoms with E-state index >= 15 is 0 Å². The van der Waals surface area contributed by atoms with Gasteiger partial charge in [0.2, 0.25) is 0 Å². The summed E-state index contributed by atoms with van der Waals surface area (Å²) in [4.78, 5) is 5.46. The van der Waals surface area contributed by atoms with Crippen molar-refractivity contribution in [2.75, 3.05) is 0 Å². The van der Waals surface area contributed by atoms with E-state index in [1.165, 1.54) is 30.7 Å². The van der Waals surface area contributed by atoms with Crippen LogP contribution in [0.2, 0.25) is 0 Å². The molecule has 14 heavy (non-hydrogen) atoms. The average Bonchev–Trinajstić information content (AvgIpc) is 2.93. The largest absolute Gasteiger partial charge is 0.391 e. The van der Waals surface area contributed by atoms with Crippen LogP contribution in [0.25, 0.3) is 0 Å². The Morgan fingerprint density at radius 2 is 2.36 bits per heavy atom. The van der Waals surface area contributed by atoms with Crippen LogP contribution in [0.5, 0.6) is 0 Å². The van der Waals surface area contributed by atoms with Crippen LogP contribution in [0.15, 0.2) is 6.20 Å². The Morgan fingerprint density at radius 3 is 2.93 bits per heavy atom. The van der Waals surface area contributed by atoms with Crippen LogP contribution in [0, 0.1) is 11.8 Å². The highest BCUT2D eigenvalue weighted by Gasteiger charge is 2.41. The highest BCUT2D eigenvalue weighted by Crippen LogP contribution is 2.53. The summed E-state index contributed by atoms with van der Waals surface area (Å²) in [5.41, 5.74) is 0. The van der Waals surface area contributed by atoms with Crippen molar-refractivity contribution in [2.24, 2.45) is 11.8 Å². The van der Waals surface area contributed by atoms with E-state index < -0.39 is 0 Å². The summed E-state index contributed by atoms with van der Waals surface area (Å²) < 4.78 is 0.